The van der Waals surface area contributed by atoms with Crippen molar-refractivity contribution in [2.45, 2.75) is 25.8 Å². The van der Waals surface area contributed by atoms with Crippen molar-refractivity contribution < 1.29 is 18.7 Å². The Bertz CT molecular complexity index is 396. The fraction of sp³-hybridized carbons (Fsp3) is 0.417. The van der Waals surface area contributed by atoms with Crippen LogP contribution < -0.4 is 5.32 Å². The molecule has 2 N–H and O–H groups in total. The highest BCUT2D eigenvalue weighted by Crippen LogP contribution is 2.11. The second kappa shape index (κ2) is 6.30. The summed E-state index contributed by atoms with van der Waals surface area (Å²) in [6.45, 7) is 1.50. The van der Waals surface area contributed by atoms with Crippen LogP contribution in [0.25, 0.3) is 0 Å². The highest BCUT2D eigenvalue weighted by atomic mass is 19.1. The van der Waals surface area contributed by atoms with Gasteiger partial charge < -0.3 is 10.4 Å². The van der Waals surface area contributed by atoms with Gasteiger partial charge in [0.25, 0.3) is 0 Å². The van der Waals surface area contributed by atoms with E-state index in [9.17, 15) is 13.6 Å². The molecule has 1 unspecified atom stereocenters. The summed E-state index contributed by atoms with van der Waals surface area (Å²) >= 11 is 0. The summed E-state index contributed by atoms with van der Waals surface area (Å²) in [6.07, 6.45) is 0.193. The summed E-state index contributed by atoms with van der Waals surface area (Å²) < 4.78 is 26.0. The molecule has 0 fully saturated rings. The number of hydrogen-bond acceptors (Lipinski definition) is 2. The fourth-order valence-corrected chi connectivity index (χ4v) is 1.38. The Morgan fingerprint density at radius 3 is 2.82 bits per heavy atom. The quantitative estimate of drug-likeness (QED) is 0.821. The van der Waals surface area contributed by atoms with E-state index >= 15 is 0 Å². The average Bonchev–Trinajstić information content (AvgIpc) is 2.30. The third-order valence-corrected chi connectivity index (χ3v) is 2.31. The Balaban J connectivity index is 2.50. The van der Waals surface area contributed by atoms with E-state index in [2.05, 4.69) is 5.32 Å². The monoisotopic (exact) mass is 243 g/mol. The molecule has 0 aliphatic rings. The van der Waals surface area contributed by atoms with E-state index < -0.39 is 11.6 Å². The minimum atomic E-state index is -0.523. The van der Waals surface area contributed by atoms with Crippen LogP contribution in [0.15, 0.2) is 18.2 Å². The molecule has 0 aliphatic heterocycles. The standard InChI is InChI=1S/C12H15F2NO2/c1-8(7-16)15-12(17)5-2-9-6-10(13)3-4-11(9)14/h3-4,6,8,16H,2,5,7H2,1H3,(H,15,17). The molecule has 94 valence electrons. The van der Waals surface area contributed by atoms with E-state index in [0.717, 1.165) is 18.2 Å². The molecule has 0 saturated carbocycles. The normalized spacial score (nSPS) is 12.2. The Kier molecular flexibility index (Phi) is 5.03. The zero-order chi connectivity index (χ0) is 12.8. The minimum absolute atomic E-state index is 0.0602. The third kappa shape index (κ3) is 4.48. The number of carbonyl (C=O) groups excluding carboxylic acids is 1. The molecular weight excluding hydrogens is 228 g/mol. The zero-order valence-electron chi connectivity index (χ0n) is 9.54. The summed E-state index contributed by atoms with van der Waals surface area (Å²) in [7, 11) is 0. The van der Waals surface area contributed by atoms with Gasteiger partial charge in [-0.25, -0.2) is 8.78 Å². The van der Waals surface area contributed by atoms with Crippen LogP contribution in [-0.2, 0) is 11.2 Å². The molecular formula is C12H15F2NO2. The SMILES string of the molecule is CC(CO)NC(=O)CCc1cc(F)ccc1F. The highest BCUT2D eigenvalue weighted by Gasteiger charge is 2.09. The first-order valence-corrected chi connectivity index (χ1v) is 5.37. The Morgan fingerprint density at radius 2 is 2.18 bits per heavy atom. The van der Waals surface area contributed by atoms with Gasteiger partial charge in [-0.3, -0.25) is 4.79 Å². The second-order valence-corrected chi connectivity index (χ2v) is 3.89. The summed E-state index contributed by atoms with van der Waals surface area (Å²) in [4.78, 5) is 11.3. The maximum absolute atomic E-state index is 13.2. The van der Waals surface area contributed by atoms with E-state index in [4.69, 9.17) is 5.11 Å². The minimum Gasteiger partial charge on any atom is -0.394 e. The predicted molar refractivity (Wildman–Crippen MR) is 59.4 cm³/mol. The van der Waals surface area contributed by atoms with Gasteiger partial charge in [0.05, 0.1) is 6.61 Å². The first kappa shape index (κ1) is 13.6. The highest BCUT2D eigenvalue weighted by molar-refractivity contribution is 5.76. The van der Waals surface area contributed by atoms with Gasteiger partial charge >= 0.3 is 0 Å². The number of rotatable bonds is 5. The summed E-state index contributed by atoms with van der Waals surface area (Å²) in [5.74, 6) is -1.34. The lowest BCUT2D eigenvalue weighted by molar-refractivity contribution is -0.121. The molecule has 0 aliphatic carbocycles. The number of aliphatic hydroxyl groups excluding tert-OH is 1. The Hall–Kier alpha value is -1.49. The van der Waals surface area contributed by atoms with Crippen molar-refractivity contribution in [1.82, 2.24) is 5.32 Å². The predicted octanol–water partition coefficient (Wildman–Crippen LogP) is 1.39. The van der Waals surface area contributed by atoms with Crippen LogP contribution in [0.2, 0.25) is 0 Å². The van der Waals surface area contributed by atoms with Crippen LogP contribution in [0, 0.1) is 11.6 Å². The maximum Gasteiger partial charge on any atom is 0.220 e. The fourth-order valence-electron chi connectivity index (χ4n) is 1.38. The number of aliphatic hydroxyl groups is 1. The third-order valence-electron chi connectivity index (χ3n) is 2.31. The van der Waals surface area contributed by atoms with Crippen LogP contribution >= 0.6 is 0 Å². The topological polar surface area (TPSA) is 49.3 Å². The average molecular weight is 243 g/mol. The number of hydrogen-bond donors (Lipinski definition) is 2. The maximum atomic E-state index is 13.2. The van der Waals surface area contributed by atoms with Crippen LogP contribution in [0.4, 0.5) is 8.78 Å². The number of benzene rings is 1. The van der Waals surface area contributed by atoms with Gasteiger partial charge in [0, 0.05) is 12.5 Å². The molecule has 0 bridgehead atoms. The number of nitrogens with one attached hydrogen (secondary N) is 1. The van der Waals surface area contributed by atoms with Gasteiger partial charge in [0.2, 0.25) is 5.91 Å². The van der Waals surface area contributed by atoms with Gasteiger partial charge in [-0.05, 0) is 37.1 Å². The van der Waals surface area contributed by atoms with Gasteiger partial charge in [0.1, 0.15) is 11.6 Å². The number of aryl methyl sites for hydroxylation is 1. The number of carbonyl (C=O) groups is 1. The first-order valence-electron chi connectivity index (χ1n) is 5.37. The molecule has 3 nitrogen and oxygen atoms in total. The van der Waals surface area contributed by atoms with Gasteiger partial charge in [-0.15, -0.1) is 0 Å². The van der Waals surface area contributed by atoms with E-state index in [1.165, 1.54) is 0 Å². The smallest absolute Gasteiger partial charge is 0.220 e. The largest absolute Gasteiger partial charge is 0.394 e. The lowest BCUT2D eigenvalue weighted by atomic mass is 10.1. The van der Waals surface area contributed by atoms with Gasteiger partial charge in [-0.1, -0.05) is 0 Å². The van der Waals surface area contributed by atoms with Crippen molar-refractivity contribution in [3.05, 3.63) is 35.4 Å². The van der Waals surface area contributed by atoms with E-state index in [-0.39, 0.29) is 37.0 Å². The van der Waals surface area contributed by atoms with E-state index in [1.54, 1.807) is 6.92 Å². The van der Waals surface area contributed by atoms with Crippen LogP contribution in [0.5, 0.6) is 0 Å². The zero-order valence-corrected chi connectivity index (χ0v) is 9.54. The lowest BCUT2D eigenvalue weighted by Crippen LogP contribution is -2.35. The molecule has 1 amide bonds. The Morgan fingerprint density at radius 1 is 1.47 bits per heavy atom. The molecule has 1 aromatic carbocycles. The van der Waals surface area contributed by atoms with Gasteiger partial charge in [0.15, 0.2) is 0 Å². The van der Waals surface area contributed by atoms with Gasteiger partial charge in [-0.2, -0.15) is 0 Å². The molecule has 0 saturated heterocycles. The summed E-state index contributed by atoms with van der Waals surface area (Å²) in [6, 6.07) is 2.82. The molecule has 1 atom stereocenters. The van der Waals surface area contributed by atoms with Crippen LogP contribution in [0.1, 0.15) is 18.9 Å². The van der Waals surface area contributed by atoms with Crippen LogP contribution in [0.3, 0.4) is 0 Å². The number of amides is 1. The first-order chi connectivity index (χ1) is 8.02. The van der Waals surface area contributed by atoms with Crippen molar-refractivity contribution in [3.8, 4) is 0 Å². The second-order valence-electron chi connectivity index (χ2n) is 3.89. The van der Waals surface area contributed by atoms with Crippen LogP contribution in [-0.4, -0.2) is 23.7 Å². The Labute approximate surface area is 98.5 Å². The van der Waals surface area contributed by atoms with Crippen molar-refractivity contribution in [2.24, 2.45) is 0 Å². The van der Waals surface area contributed by atoms with Crippen molar-refractivity contribution in [2.75, 3.05) is 6.61 Å². The number of halogens is 2. The summed E-state index contributed by atoms with van der Waals surface area (Å²) in [5, 5.41) is 11.3. The molecule has 1 aromatic rings. The molecule has 0 spiro atoms. The molecule has 17 heavy (non-hydrogen) atoms. The molecule has 5 heteroatoms. The molecule has 0 heterocycles. The lowest BCUT2D eigenvalue weighted by Gasteiger charge is -2.10. The van der Waals surface area contributed by atoms with E-state index in [0.29, 0.717) is 0 Å². The van der Waals surface area contributed by atoms with Crippen molar-refractivity contribution >= 4 is 5.91 Å². The summed E-state index contributed by atoms with van der Waals surface area (Å²) in [5.41, 5.74) is 0.178. The van der Waals surface area contributed by atoms with Crippen molar-refractivity contribution in [1.29, 1.82) is 0 Å². The molecule has 0 radical (unpaired) electrons. The molecule has 0 aromatic heterocycles. The van der Waals surface area contributed by atoms with Crippen molar-refractivity contribution in [3.63, 3.8) is 0 Å². The van der Waals surface area contributed by atoms with E-state index in [1.807, 2.05) is 0 Å². The molecule has 1 rings (SSSR count).